The second-order valence-electron chi connectivity index (χ2n) is 8.69. The van der Waals surface area contributed by atoms with E-state index in [2.05, 4.69) is 39.3 Å². The fourth-order valence-corrected chi connectivity index (χ4v) is 5.21. The number of primary amides is 1. The summed E-state index contributed by atoms with van der Waals surface area (Å²) >= 11 is 2.29. The monoisotopic (exact) mass is 609 g/mol. The van der Waals surface area contributed by atoms with Gasteiger partial charge in [-0.15, -0.1) is 0 Å². The topological polar surface area (TPSA) is 110 Å². The Hall–Kier alpha value is -3.86. The number of ether oxygens (including phenoxy) is 2. The predicted octanol–water partition coefficient (Wildman–Crippen LogP) is 4.81. The highest BCUT2D eigenvalue weighted by molar-refractivity contribution is 14.1. The maximum atomic E-state index is 12.5. The van der Waals surface area contributed by atoms with Gasteiger partial charge in [-0.1, -0.05) is 18.2 Å². The lowest BCUT2D eigenvalue weighted by Crippen LogP contribution is -2.22. The van der Waals surface area contributed by atoms with Gasteiger partial charge in [0.05, 0.1) is 25.3 Å². The van der Waals surface area contributed by atoms with Gasteiger partial charge in [-0.3, -0.25) is 4.79 Å². The largest absolute Gasteiger partial charge is 0.497 e. The first-order valence-electron chi connectivity index (χ1n) is 11.5. The summed E-state index contributed by atoms with van der Waals surface area (Å²) < 4.78 is 19.7. The number of nitrogens with zero attached hydrogens (tertiary/aromatic N) is 2. The Kier molecular flexibility index (Phi) is 6.63. The molecule has 2 aromatic heterocycles. The molecule has 2 heterocycles. The van der Waals surface area contributed by atoms with Crippen LogP contribution in [0.15, 0.2) is 63.8 Å². The molecular formula is C28H24IN3O5. The van der Waals surface area contributed by atoms with Gasteiger partial charge in [0.15, 0.2) is 0 Å². The number of imidazole rings is 1. The molecule has 2 N–H and O–H groups in total. The van der Waals surface area contributed by atoms with Crippen LogP contribution in [0.25, 0.3) is 22.0 Å². The summed E-state index contributed by atoms with van der Waals surface area (Å²) in [5, 5.41) is 0.619. The molecule has 37 heavy (non-hydrogen) atoms. The molecule has 5 rings (SSSR count). The SMILES string of the molecule is COc1ccc(Cc2nc3cc4c(C)c(C(N)=O)c(=O)oc4cc3n2Cc2cccc(I)c2)c(OC)c1. The van der Waals surface area contributed by atoms with Crippen LogP contribution in [0.1, 0.15) is 32.9 Å². The first-order chi connectivity index (χ1) is 17.8. The highest BCUT2D eigenvalue weighted by Gasteiger charge is 2.20. The van der Waals surface area contributed by atoms with E-state index in [9.17, 15) is 9.59 Å². The molecule has 0 bridgehead atoms. The molecule has 0 aliphatic rings. The van der Waals surface area contributed by atoms with Crippen molar-refractivity contribution in [2.75, 3.05) is 14.2 Å². The minimum atomic E-state index is -0.815. The van der Waals surface area contributed by atoms with E-state index in [0.29, 0.717) is 46.5 Å². The van der Waals surface area contributed by atoms with Crippen molar-refractivity contribution in [1.82, 2.24) is 9.55 Å². The fourth-order valence-electron chi connectivity index (χ4n) is 4.60. The summed E-state index contributed by atoms with van der Waals surface area (Å²) in [5.74, 6) is 1.40. The molecule has 0 radical (unpaired) electrons. The number of amides is 1. The van der Waals surface area contributed by atoms with E-state index in [4.69, 9.17) is 24.6 Å². The number of halogens is 1. The van der Waals surface area contributed by atoms with Crippen LogP contribution in [0.4, 0.5) is 0 Å². The average molecular weight is 609 g/mol. The minimum Gasteiger partial charge on any atom is -0.497 e. The molecule has 0 atom stereocenters. The summed E-state index contributed by atoms with van der Waals surface area (Å²) in [6.07, 6.45) is 0.498. The van der Waals surface area contributed by atoms with Crippen LogP contribution in [0.3, 0.4) is 0 Å². The summed E-state index contributed by atoms with van der Waals surface area (Å²) in [5.41, 5.74) is 8.98. The van der Waals surface area contributed by atoms with Gasteiger partial charge in [-0.2, -0.15) is 0 Å². The second kappa shape index (κ2) is 9.89. The molecule has 9 heteroatoms. The first-order valence-corrected chi connectivity index (χ1v) is 12.6. The van der Waals surface area contributed by atoms with Crippen molar-refractivity contribution in [3.63, 3.8) is 0 Å². The van der Waals surface area contributed by atoms with E-state index in [0.717, 1.165) is 26.0 Å². The van der Waals surface area contributed by atoms with Crippen molar-refractivity contribution >= 4 is 50.5 Å². The van der Waals surface area contributed by atoms with E-state index in [1.165, 1.54) is 0 Å². The van der Waals surface area contributed by atoms with Gasteiger partial charge in [0, 0.05) is 39.6 Å². The Labute approximate surface area is 226 Å². The Morgan fingerprint density at radius 3 is 2.62 bits per heavy atom. The number of fused-ring (bicyclic) bond motifs is 2. The van der Waals surface area contributed by atoms with E-state index in [-0.39, 0.29) is 5.56 Å². The van der Waals surface area contributed by atoms with Crippen molar-refractivity contribution in [1.29, 1.82) is 0 Å². The molecule has 0 spiro atoms. The summed E-state index contributed by atoms with van der Waals surface area (Å²) in [7, 11) is 3.24. The van der Waals surface area contributed by atoms with E-state index < -0.39 is 11.5 Å². The van der Waals surface area contributed by atoms with Crippen LogP contribution >= 0.6 is 22.6 Å². The highest BCUT2D eigenvalue weighted by atomic mass is 127. The molecule has 5 aromatic rings. The van der Waals surface area contributed by atoms with Gasteiger partial charge >= 0.3 is 5.63 Å². The number of nitrogens with two attached hydrogens (primary N) is 1. The molecular weight excluding hydrogens is 585 g/mol. The maximum Gasteiger partial charge on any atom is 0.349 e. The third-order valence-corrected chi connectivity index (χ3v) is 7.10. The number of benzene rings is 3. The molecule has 8 nitrogen and oxygen atoms in total. The van der Waals surface area contributed by atoms with Crippen molar-refractivity contribution < 1.29 is 18.7 Å². The van der Waals surface area contributed by atoms with Crippen molar-refractivity contribution in [2.24, 2.45) is 5.73 Å². The smallest absolute Gasteiger partial charge is 0.349 e. The van der Waals surface area contributed by atoms with Crippen LogP contribution in [-0.4, -0.2) is 29.7 Å². The van der Waals surface area contributed by atoms with Crippen LogP contribution < -0.4 is 20.8 Å². The number of rotatable bonds is 7. The lowest BCUT2D eigenvalue weighted by atomic mass is 10.1. The fraction of sp³-hybridized carbons (Fsp3) is 0.179. The Morgan fingerprint density at radius 2 is 1.92 bits per heavy atom. The van der Waals surface area contributed by atoms with Crippen LogP contribution in [0.5, 0.6) is 11.5 Å². The number of carbonyl (C=O) groups excluding carboxylic acids is 1. The minimum absolute atomic E-state index is 0.145. The number of carbonyl (C=O) groups is 1. The van der Waals surface area contributed by atoms with Gasteiger partial charge in [0.25, 0.3) is 5.91 Å². The quantitative estimate of drug-likeness (QED) is 0.210. The molecule has 0 saturated heterocycles. The zero-order valence-corrected chi connectivity index (χ0v) is 22.7. The number of aryl methyl sites for hydroxylation is 1. The van der Waals surface area contributed by atoms with Crippen LogP contribution in [0, 0.1) is 10.5 Å². The number of hydrogen-bond acceptors (Lipinski definition) is 6. The first kappa shape index (κ1) is 24.8. The second-order valence-corrected chi connectivity index (χ2v) is 9.94. The number of methoxy groups -OCH3 is 2. The van der Waals surface area contributed by atoms with Gasteiger partial charge in [-0.05, 0) is 64.9 Å². The van der Waals surface area contributed by atoms with Crippen molar-refractivity contribution in [2.45, 2.75) is 19.9 Å². The van der Waals surface area contributed by atoms with Gasteiger partial charge in [0.1, 0.15) is 28.5 Å². The van der Waals surface area contributed by atoms with Crippen LogP contribution in [0.2, 0.25) is 0 Å². The normalized spacial score (nSPS) is 11.2. The van der Waals surface area contributed by atoms with Crippen molar-refractivity contribution in [3.05, 3.63) is 96.7 Å². The van der Waals surface area contributed by atoms with E-state index in [1.54, 1.807) is 27.2 Å². The number of aromatic nitrogens is 2. The van der Waals surface area contributed by atoms with Gasteiger partial charge in [0.2, 0.25) is 0 Å². The van der Waals surface area contributed by atoms with E-state index >= 15 is 0 Å². The Morgan fingerprint density at radius 1 is 1.11 bits per heavy atom. The van der Waals surface area contributed by atoms with Crippen molar-refractivity contribution in [3.8, 4) is 11.5 Å². The van der Waals surface area contributed by atoms with Gasteiger partial charge < -0.3 is 24.2 Å². The molecule has 0 fully saturated rings. The molecule has 188 valence electrons. The van der Waals surface area contributed by atoms with Gasteiger partial charge in [-0.25, -0.2) is 9.78 Å². The van der Waals surface area contributed by atoms with Crippen LogP contribution in [-0.2, 0) is 13.0 Å². The van der Waals surface area contributed by atoms with E-state index in [1.807, 2.05) is 36.4 Å². The lowest BCUT2D eigenvalue weighted by molar-refractivity contribution is 0.0996. The summed E-state index contributed by atoms with van der Waals surface area (Å²) in [6, 6.07) is 17.6. The highest BCUT2D eigenvalue weighted by Crippen LogP contribution is 2.31. The predicted molar refractivity (Wildman–Crippen MR) is 150 cm³/mol. The maximum absolute atomic E-state index is 12.5. The summed E-state index contributed by atoms with van der Waals surface area (Å²) in [4.78, 5) is 29.3. The molecule has 0 saturated carbocycles. The third-order valence-electron chi connectivity index (χ3n) is 6.43. The molecule has 0 unspecified atom stereocenters. The molecule has 0 aliphatic carbocycles. The average Bonchev–Trinajstić information content (AvgIpc) is 3.18. The third kappa shape index (κ3) is 4.66. The Balaban J connectivity index is 1.73. The molecule has 0 aliphatic heterocycles. The number of hydrogen-bond donors (Lipinski definition) is 1. The standard InChI is InChI=1S/C28H24IN3O5/c1-15-20-12-21-22(13-24(20)37-28(34)26(15)27(30)33)32(14-16-5-4-6-18(29)9-16)25(31-21)10-17-7-8-19(35-2)11-23(17)36-3/h4-9,11-13H,10,14H2,1-3H3,(H2,30,33). The molecule has 1 amide bonds. The molecule has 3 aromatic carbocycles. The lowest BCUT2D eigenvalue weighted by Gasteiger charge is -2.13. The summed E-state index contributed by atoms with van der Waals surface area (Å²) in [6.45, 7) is 2.26. The Bertz CT molecular complexity index is 1740. The zero-order valence-electron chi connectivity index (χ0n) is 20.5. The zero-order chi connectivity index (χ0) is 26.3.